The maximum absolute atomic E-state index is 13.1. The lowest BCUT2D eigenvalue weighted by atomic mass is 9.99. The normalized spacial score (nSPS) is 26.6. The second-order valence-corrected chi connectivity index (χ2v) is 12.0. The molecule has 1 N–H and O–H groups in total. The molecule has 34 heavy (non-hydrogen) atoms. The quantitative estimate of drug-likeness (QED) is 0.456. The van der Waals surface area contributed by atoms with Crippen LogP contribution in [0.5, 0.6) is 5.75 Å². The molecular formula is C23H26N2O7S2. The van der Waals surface area contributed by atoms with Crippen LogP contribution in [0.15, 0.2) is 41.6 Å². The minimum atomic E-state index is -1.57. The molecule has 9 nitrogen and oxygen atoms in total. The summed E-state index contributed by atoms with van der Waals surface area (Å²) in [6, 6.07) is 7.71. The van der Waals surface area contributed by atoms with Crippen LogP contribution in [0.4, 0.5) is 0 Å². The second kappa shape index (κ2) is 9.53. The Hall–Kier alpha value is -2.66. The van der Waals surface area contributed by atoms with Crippen molar-refractivity contribution in [2.24, 2.45) is 0 Å². The predicted octanol–water partition coefficient (Wildman–Crippen LogP) is 1.50. The maximum atomic E-state index is 13.1. The molecule has 3 heterocycles. The van der Waals surface area contributed by atoms with Gasteiger partial charge in [-0.15, -0.1) is 0 Å². The number of ether oxygens (including phenoxy) is 2. The van der Waals surface area contributed by atoms with E-state index in [-0.39, 0.29) is 28.4 Å². The summed E-state index contributed by atoms with van der Waals surface area (Å²) in [5, 5.41) is 1.36. The highest BCUT2D eigenvalue weighted by atomic mass is 32.2. The average Bonchev–Trinajstić information content (AvgIpc) is 3.21. The number of nitrogens with one attached hydrogen (secondary N) is 1. The SMILES string of the molecule is CC(C)(C)OC(=O)C1=C(C2CCC(=O)S2)CS(=O)[C@@H]2[C@H](NC(=O)COc3ccccc3)C(=O)N12. The first kappa shape index (κ1) is 24.5. The molecule has 0 radical (unpaired) electrons. The van der Waals surface area contributed by atoms with E-state index in [9.17, 15) is 23.4 Å². The maximum Gasteiger partial charge on any atom is 0.355 e. The number of thioether (sulfide) groups is 1. The largest absolute Gasteiger partial charge is 0.484 e. The van der Waals surface area contributed by atoms with Gasteiger partial charge in [0.25, 0.3) is 11.8 Å². The molecule has 2 unspecified atom stereocenters. The van der Waals surface area contributed by atoms with Crippen LogP contribution in [0.3, 0.4) is 0 Å². The number of nitrogens with zero attached hydrogens (tertiary/aromatic N) is 1. The van der Waals surface area contributed by atoms with Gasteiger partial charge in [-0.05, 0) is 44.9 Å². The lowest BCUT2D eigenvalue weighted by Crippen LogP contribution is -2.74. The Morgan fingerprint density at radius 2 is 1.91 bits per heavy atom. The zero-order valence-electron chi connectivity index (χ0n) is 19.1. The fourth-order valence-electron chi connectivity index (χ4n) is 4.02. The topological polar surface area (TPSA) is 119 Å². The van der Waals surface area contributed by atoms with Crippen LogP contribution in [0, 0.1) is 0 Å². The third-order valence-corrected chi connectivity index (χ3v) is 8.34. The van der Waals surface area contributed by atoms with Crippen molar-refractivity contribution in [3.8, 4) is 5.75 Å². The number of carbonyl (C=O) groups is 4. The Kier molecular flexibility index (Phi) is 6.86. The van der Waals surface area contributed by atoms with E-state index in [2.05, 4.69) is 5.32 Å². The number of benzene rings is 1. The number of para-hydroxylation sites is 1. The van der Waals surface area contributed by atoms with Gasteiger partial charge in [-0.3, -0.25) is 23.5 Å². The van der Waals surface area contributed by atoms with Crippen LogP contribution < -0.4 is 10.1 Å². The van der Waals surface area contributed by atoms with Gasteiger partial charge in [-0.25, -0.2) is 4.79 Å². The fraction of sp³-hybridized carbons (Fsp3) is 0.478. The smallest absolute Gasteiger partial charge is 0.355 e. The molecule has 0 saturated carbocycles. The number of carbonyl (C=O) groups excluding carboxylic acids is 4. The number of fused-ring (bicyclic) bond motifs is 1. The standard InChI is InChI=1S/C23H26N2O7S2/c1-23(2,3)32-22(29)19-14(15-9-10-17(27)33-15)12-34(30)21-18(20(28)25(19)21)24-16(26)11-31-13-7-5-4-6-8-13/h4-8,15,18,21H,9-12H2,1-3H3,(H,24,26)/t15?,18-,21-,34?/m1/s1. The first-order valence-electron chi connectivity index (χ1n) is 10.9. The van der Waals surface area contributed by atoms with Crippen molar-refractivity contribution in [1.29, 1.82) is 0 Å². The van der Waals surface area contributed by atoms with Crippen molar-refractivity contribution in [3.05, 3.63) is 41.6 Å². The van der Waals surface area contributed by atoms with Crippen LogP contribution in [0.2, 0.25) is 0 Å². The first-order valence-corrected chi connectivity index (χ1v) is 13.1. The predicted molar refractivity (Wildman–Crippen MR) is 126 cm³/mol. The molecule has 0 aromatic heterocycles. The van der Waals surface area contributed by atoms with Gasteiger partial charge in [0.05, 0.1) is 16.6 Å². The summed E-state index contributed by atoms with van der Waals surface area (Å²) in [4.78, 5) is 51.6. The van der Waals surface area contributed by atoms with Crippen LogP contribution in [0.25, 0.3) is 0 Å². The molecule has 4 atom stereocenters. The lowest BCUT2D eigenvalue weighted by molar-refractivity contribution is -0.159. The third kappa shape index (κ3) is 5.05. The lowest BCUT2D eigenvalue weighted by Gasteiger charge is -2.50. The summed E-state index contributed by atoms with van der Waals surface area (Å²) in [5.74, 6) is -1.25. The van der Waals surface area contributed by atoms with Gasteiger partial charge in [0.1, 0.15) is 28.5 Å². The number of β-lactam (4-membered cyclic amide) rings is 1. The summed E-state index contributed by atoms with van der Waals surface area (Å²) in [5.41, 5.74) is -0.274. The van der Waals surface area contributed by atoms with E-state index in [0.29, 0.717) is 24.2 Å². The molecule has 0 aliphatic carbocycles. The van der Waals surface area contributed by atoms with E-state index in [1.54, 1.807) is 45.0 Å². The average molecular weight is 507 g/mol. The molecule has 1 aromatic rings. The van der Waals surface area contributed by atoms with Crippen molar-refractivity contribution in [1.82, 2.24) is 10.2 Å². The Balaban J connectivity index is 1.53. The molecule has 11 heteroatoms. The molecule has 0 bridgehead atoms. The number of hydrogen-bond donors (Lipinski definition) is 1. The monoisotopic (exact) mass is 506 g/mol. The van der Waals surface area contributed by atoms with Gasteiger partial charge in [0.15, 0.2) is 11.7 Å². The van der Waals surface area contributed by atoms with Crippen molar-refractivity contribution >= 4 is 45.5 Å². The van der Waals surface area contributed by atoms with Gasteiger partial charge in [-0.2, -0.15) is 0 Å². The van der Waals surface area contributed by atoms with Crippen molar-refractivity contribution in [2.45, 2.75) is 55.9 Å². The molecular weight excluding hydrogens is 480 g/mol. The minimum Gasteiger partial charge on any atom is -0.484 e. The fourth-order valence-corrected chi connectivity index (χ4v) is 7.00. The van der Waals surface area contributed by atoms with Crippen molar-refractivity contribution < 1.29 is 32.9 Å². The number of amides is 2. The van der Waals surface area contributed by atoms with Crippen molar-refractivity contribution in [2.75, 3.05) is 12.4 Å². The summed E-state index contributed by atoms with van der Waals surface area (Å²) >= 11 is 1.09. The van der Waals surface area contributed by atoms with Crippen LogP contribution in [-0.2, 0) is 34.7 Å². The molecule has 2 fully saturated rings. The molecule has 1 aromatic carbocycles. The summed E-state index contributed by atoms with van der Waals surface area (Å²) in [6.07, 6.45) is 0.858. The Morgan fingerprint density at radius 1 is 1.21 bits per heavy atom. The Morgan fingerprint density at radius 3 is 2.53 bits per heavy atom. The Bertz CT molecular complexity index is 1080. The zero-order valence-corrected chi connectivity index (χ0v) is 20.7. The van der Waals surface area contributed by atoms with Crippen LogP contribution in [0.1, 0.15) is 33.6 Å². The number of rotatable bonds is 6. The van der Waals surface area contributed by atoms with E-state index in [4.69, 9.17) is 9.47 Å². The molecule has 0 spiro atoms. The summed E-state index contributed by atoms with van der Waals surface area (Å²) < 4.78 is 24.1. The van der Waals surface area contributed by atoms with E-state index in [0.717, 1.165) is 11.8 Å². The van der Waals surface area contributed by atoms with E-state index in [1.807, 2.05) is 6.07 Å². The summed E-state index contributed by atoms with van der Waals surface area (Å²) in [7, 11) is -1.57. The van der Waals surface area contributed by atoms with Gasteiger partial charge in [-0.1, -0.05) is 30.0 Å². The molecule has 182 valence electrons. The molecule has 2 saturated heterocycles. The minimum absolute atomic E-state index is 0.00700. The highest BCUT2D eigenvalue weighted by Crippen LogP contribution is 2.42. The highest BCUT2D eigenvalue weighted by Gasteiger charge is 2.58. The van der Waals surface area contributed by atoms with Gasteiger partial charge < -0.3 is 14.8 Å². The first-order chi connectivity index (χ1) is 16.0. The zero-order chi connectivity index (χ0) is 24.6. The second-order valence-electron chi connectivity index (χ2n) is 9.16. The van der Waals surface area contributed by atoms with Crippen LogP contribution in [-0.4, -0.2) is 66.6 Å². The van der Waals surface area contributed by atoms with Gasteiger partial charge in [0.2, 0.25) is 0 Å². The molecule has 3 aliphatic rings. The number of hydrogen-bond acceptors (Lipinski definition) is 8. The van der Waals surface area contributed by atoms with Crippen molar-refractivity contribution in [3.63, 3.8) is 0 Å². The van der Waals surface area contributed by atoms with E-state index >= 15 is 0 Å². The van der Waals surface area contributed by atoms with Gasteiger partial charge in [0, 0.05) is 11.7 Å². The van der Waals surface area contributed by atoms with Gasteiger partial charge >= 0.3 is 5.97 Å². The Labute approximate surface area is 204 Å². The number of esters is 1. The van der Waals surface area contributed by atoms with E-state index < -0.39 is 45.6 Å². The van der Waals surface area contributed by atoms with Crippen LogP contribution >= 0.6 is 11.8 Å². The molecule has 3 aliphatic heterocycles. The molecule has 2 amide bonds. The third-order valence-electron chi connectivity index (χ3n) is 5.45. The molecule has 4 rings (SSSR count). The summed E-state index contributed by atoms with van der Waals surface area (Å²) in [6.45, 7) is 4.83. The highest BCUT2D eigenvalue weighted by molar-refractivity contribution is 8.14. The van der Waals surface area contributed by atoms with E-state index in [1.165, 1.54) is 4.90 Å².